The molecule has 1 unspecified atom stereocenters. The van der Waals surface area contributed by atoms with Crippen LogP contribution in [-0.4, -0.2) is 0 Å². The van der Waals surface area contributed by atoms with Crippen molar-refractivity contribution in [2.45, 2.75) is 5.41 Å². The highest BCUT2D eigenvalue weighted by Crippen LogP contribution is 2.58. The summed E-state index contributed by atoms with van der Waals surface area (Å²) in [6.45, 7) is 0. The molecule has 1 aliphatic rings. The van der Waals surface area contributed by atoms with E-state index in [-0.39, 0.29) is 0 Å². The van der Waals surface area contributed by atoms with E-state index in [2.05, 4.69) is 254 Å². The highest BCUT2D eigenvalue weighted by Gasteiger charge is 2.47. The zero-order valence-corrected chi connectivity index (χ0v) is 34.5. The third kappa shape index (κ3) is 6.02. The summed E-state index contributed by atoms with van der Waals surface area (Å²) in [4.78, 5) is 2.35. The summed E-state index contributed by atoms with van der Waals surface area (Å²) >= 11 is 0. The summed E-state index contributed by atoms with van der Waals surface area (Å²) in [5, 5.41) is 2.26. The molecule has 0 spiro atoms. The van der Waals surface area contributed by atoms with Gasteiger partial charge in [0.25, 0.3) is 0 Å². The Hall–Kier alpha value is -8.20. The Kier molecular flexibility index (Phi) is 8.76. The lowest BCUT2D eigenvalue weighted by molar-refractivity contribution is 0.648. The van der Waals surface area contributed by atoms with Gasteiger partial charge in [0.2, 0.25) is 0 Å². The van der Waals surface area contributed by atoms with Crippen LogP contribution in [-0.2, 0) is 5.41 Å². The fourth-order valence-corrected chi connectivity index (χ4v) is 10.1. The Morgan fingerprint density at radius 1 is 0.302 bits per heavy atom. The molecule has 0 saturated carbocycles. The Morgan fingerprint density at radius 2 is 0.746 bits per heavy atom. The first kappa shape index (κ1) is 36.6. The number of rotatable bonds is 8. The third-order valence-corrected chi connectivity index (χ3v) is 13.0. The summed E-state index contributed by atoms with van der Waals surface area (Å²) in [5.41, 5.74) is 19.0. The Bertz CT molecular complexity index is 3330. The Morgan fingerprint density at radius 3 is 1.37 bits per heavy atom. The van der Waals surface area contributed by atoms with Gasteiger partial charge in [-0.05, 0) is 110 Å². The molecule has 0 aliphatic heterocycles. The van der Waals surface area contributed by atoms with Crippen LogP contribution in [0.1, 0.15) is 22.3 Å². The second-order valence-electron chi connectivity index (χ2n) is 16.4. The lowest BCUT2D eigenvalue weighted by atomic mass is 9.67. The van der Waals surface area contributed by atoms with Gasteiger partial charge in [0.05, 0.1) is 5.41 Å². The van der Waals surface area contributed by atoms with E-state index >= 15 is 0 Å². The number of furan rings is 1. The maximum atomic E-state index is 6.85. The average molecular weight is 804 g/mol. The van der Waals surface area contributed by atoms with E-state index < -0.39 is 5.41 Å². The van der Waals surface area contributed by atoms with Gasteiger partial charge in [0, 0.05) is 33.4 Å². The van der Waals surface area contributed by atoms with E-state index in [0.29, 0.717) is 0 Å². The first-order valence-electron chi connectivity index (χ1n) is 21.7. The molecule has 63 heavy (non-hydrogen) atoms. The standard InChI is InChI=1S/C61H41NO/c1-4-15-42(16-5-1)44-27-34-49(35-28-44)62(50-36-29-45(30-37-50)43-17-6-2-7-18-43)51-38-31-46(32-39-51)47-33-40-53-52-21-10-12-24-56(52)61(58(53)41-47,48-19-8-3-9-20-48)57-25-14-23-55-54-22-11-13-26-59(54)63-60(55)57/h1-41H. The van der Waals surface area contributed by atoms with Crippen molar-refractivity contribution in [3.63, 3.8) is 0 Å². The minimum absolute atomic E-state index is 0.620. The molecule has 1 heterocycles. The molecule has 1 aromatic heterocycles. The molecule has 1 aliphatic carbocycles. The molecule has 0 amide bonds. The van der Waals surface area contributed by atoms with Gasteiger partial charge in [-0.25, -0.2) is 0 Å². The molecule has 10 aromatic carbocycles. The van der Waals surface area contributed by atoms with Crippen molar-refractivity contribution in [3.8, 4) is 44.5 Å². The summed E-state index contributed by atoms with van der Waals surface area (Å²) in [7, 11) is 0. The third-order valence-electron chi connectivity index (χ3n) is 13.0. The van der Waals surface area contributed by atoms with Crippen LogP contribution in [0.3, 0.4) is 0 Å². The van der Waals surface area contributed by atoms with Crippen LogP contribution in [0.15, 0.2) is 253 Å². The zero-order chi connectivity index (χ0) is 41.7. The molecular formula is C61H41NO. The van der Waals surface area contributed by atoms with Crippen molar-refractivity contribution in [1.29, 1.82) is 0 Å². The van der Waals surface area contributed by atoms with Crippen molar-refractivity contribution in [1.82, 2.24) is 0 Å². The van der Waals surface area contributed by atoms with Crippen molar-refractivity contribution in [2.24, 2.45) is 0 Å². The number of hydrogen-bond acceptors (Lipinski definition) is 2. The van der Waals surface area contributed by atoms with E-state index in [1.807, 2.05) is 0 Å². The number of nitrogens with zero attached hydrogens (tertiary/aromatic N) is 1. The van der Waals surface area contributed by atoms with E-state index in [4.69, 9.17) is 4.42 Å². The number of benzene rings is 10. The topological polar surface area (TPSA) is 16.4 Å². The SMILES string of the molecule is c1ccc(-c2ccc(N(c3ccc(-c4ccccc4)cc3)c3ccc(-c4ccc5c(c4)C(c4ccccc4)(c4cccc6c4oc4ccccc46)c4ccccc4-5)cc3)cc2)cc1. The van der Waals surface area contributed by atoms with Crippen LogP contribution in [0, 0.1) is 0 Å². The average Bonchev–Trinajstić information content (AvgIpc) is 3.89. The van der Waals surface area contributed by atoms with Crippen LogP contribution in [0.2, 0.25) is 0 Å². The molecule has 0 radical (unpaired) electrons. The first-order chi connectivity index (χ1) is 31.2. The summed E-state index contributed by atoms with van der Waals surface area (Å²) in [5.74, 6) is 0. The number of para-hydroxylation sites is 2. The quantitative estimate of drug-likeness (QED) is 0.152. The van der Waals surface area contributed by atoms with Gasteiger partial charge in [-0.15, -0.1) is 0 Å². The molecule has 1 atom stereocenters. The van der Waals surface area contributed by atoms with Gasteiger partial charge in [-0.3, -0.25) is 0 Å². The molecule has 296 valence electrons. The lowest BCUT2D eigenvalue weighted by Crippen LogP contribution is -2.28. The van der Waals surface area contributed by atoms with Crippen molar-refractivity contribution in [2.75, 3.05) is 4.90 Å². The minimum atomic E-state index is -0.620. The fourth-order valence-electron chi connectivity index (χ4n) is 10.1. The maximum absolute atomic E-state index is 6.85. The van der Waals surface area contributed by atoms with E-state index in [9.17, 15) is 0 Å². The van der Waals surface area contributed by atoms with Gasteiger partial charge in [-0.2, -0.15) is 0 Å². The molecular weight excluding hydrogens is 763 g/mol. The zero-order valence-electron chi connectivity index (χ0n) is 34.5. The van der Waals surface area contributed by atoms with Gasteiger partial charge >= 0.3 is 0 Å². The molecule has 2 nitrogen and oxygen atoms in total. The maximum Gasteiger partial charge on any atom is 0.140 e. The minimum Gasteiger partial charge on any atom is -0.456 e. The molecule has 2 heteroatoms. The molecule has 0 fully saturated rings. The van der Waals surface area contributed by atoms with Crippen LogP contribution in [0.5, 0.6) is 0 Å². The summed E-state index contributed by atoms with van der Waals surface area (Å²) in [6, 6.07) is 90.0. The van der Waals surface area contributed by atoms with E-state index in [0.717, 1.165) is 55.7 Å². The van der Waals surface area contributed by atoms with Crippen LogP contribution >= 0.6 is 0 Å². The predicted octanol–water partition coefficient (Wildman–Crippen LogP) is 16.4. The lowest BCUT2D eigenvalue weighted by Gasteiger charge is -2.34. The molecule has 0 saturated heterocycles. The van der Waals surface area contributed by atoms with Crippen LogP contribution in [0.4, 0.5) is 17.1 Å². The van der Waals surface area contributed by atoms with Crippen LogP contribution in [0.25, 0.3) is 66.4 Å². The van der Waals surface area contributed by atoms with E-state index in [1.54, 1.807) is 0 Å². The second-order valence-corrected chi connectivity index (χ2v) is 16.4. The normalized spacial score (nSPS) is 14.1. The van der Waals surface area contributed by atoms with Crippen LogP contribution < -0.4 is 4.90 Å². The smallest absolute Gasteiger partial charge is 0.140 e. The Balaban J connectivity index is 0.991. The molecule has 11 aromatic rings. The second kappa shape index (κ2) is 15.1. The molecule has 12 rings (SSSR count). The highest BCUT2D eigenvalue weighted by molar-refractivity contribution is 6.07. The summed E-state index contributed by atoms with van der Waals surface area (Å²) in [6.07, 6.45) is 0. The number of fused-ring (bicyclic) bond motifs is 6. The number of anilines is 3. The molecule has 0 bridgehead atoms. The first-order valence-corrected chi connectivity index (χ1v) is 21.7. The number of hydrogen-bond donors (Lipinski definition) is 0. The van der Waals surface area contributed by atoms with Crippen molar-refractivity contribution in [3.05, 3.63) is 271 Å². The largest absolute Gasteiger partial charge is 0.456 e. The van der Waals surface area contributed by atoms with Gasteiger partial charge in [0.15, 0.2) is 0 Å². The highest BCUT2D eigenvalue weighted by atomic mass is 16.3. The van der Waals surface area contributed by atoms with Crippen molar-refractivity contribution < 1.29 is 4.42 Å². The van der Waals surface area contributed by atoms with Gasteiger partial charge in [0.1, 0.15) is 11.2 Å². The predicted molar refractivity (Wildman–Crippen MR) is 262 cm³/mol. The van der Waals surface area contributed by atoms with Crippen molar-refractivity contribution >= 4 is 39.0 Å². The van der Waals surface area contributed by atoms with E-state index in [1.165, 1.54) is 50.1 Å². The Labute approximate surface area is 367 Å². The summed E-state index contributed by atoms with van der Waals surface area (Å²) < 4.78 is 6.85. The van der Waals surface area contributed by atoms with Gasteiger partial charge in [-0.1, -0.05) is 200 Å². The van der Waals surface area contributed by atoms with Gasteiger partial charge < -0.3 is 9.32 Å². The molecule has 0 N–H and O–H groups in total. The monoisotopic (exact) mass is 803 g/mol. The fraction of sp³-hybridized carbons (Fsp3) is 0.0164.